The molecule has 0 spiro atoms. The zero-order valence-electron chi connectivity index (χ0n) is 16.1. The van der Waals surface area contributed by atoms with Crippen LogP contribution in [0.3, 0.4) is 0 Å². The normalized spacial score (nSPS) is 20.5. The topological polar surface area (TPSA) is 95.9 Å². The zero-order chi connectivity index (χ0) is 20.3. The highest BCUT2D eigenvalue weighted by Crippen LogP contribution is 2.34. The van der Waals surface area contributed by atoms with Crippen molar-refractivity contribution in [1.82, 2.24) is 9.88 Å². The molecule has 1 aromatic heterocycles. The SMILES string of the molecule is C=C(Nc1c(C=N)c(N)cc(=O)n1C1CCCCC1)NC1CCC(F)(F)CC1. The molecular weight excluding hydrogens is 364 g/mol. The third-order valence-electron chi connectivity index (χ3n) is 5.77. The van der Waals surface area contributed by atoms with Crippen molar-refractivity contribution in [3.8, 4) is 0 Å². The first-order valence-corrected chi connectivity index (χ1v) is 9.96. The van der Waals surface area contributed by atoms with Crippen molar-refractivity contribution in [2.24, 2.45) is 0 Å². The van der Waals surface area contributed by atoms with E-state index in [-0.39, 0.29) is 36.2 Å². The minimum absolute atomic E-state index is 0.0456. The fourth-order valence-electron chi connectivity index (χ4n) is 4.25. The summed E-state index contributed by atoms with van der Waals surface area (Å²) in [4.78, 5) is 12.7. The first kappa shape index (κ1) is 20.4. The molecule has 2 saturated carbocycles. The summed E-state index contributed by atoms with van der Waals surface area (Å²) in [7, 11) is 0. The number of hydrogen-bond donors (Lipinski definition) is 4. The number of halogens is 2. The summed E-state index contributed by atoms with van der Waals surface area (Å²) in [5.74, 6) is -1.71. The second-order valence-electron chi connectivity index (χ2n) is 7.88. The molecule has 28 heavy (non-hydrogen) atoms. The number of nitrogen functional groups attached to an aromatic ring is 1. The predicted octanol–water partition coefficient (Wildman–Crippen LogP) is 3.98. The summed E-state index contributed by atoms with van der Waals surface area (Å²) in [6.07, 6.45) is 6.61. The first-order valence-electron chi connectivity index (χ1n) is 9.96. The number of nitrogens with one attached hydrogen (secondary N) is 3. The molecule has 0 atom stereocenters. The Bertz CT molecular complexity index is 789. The van der Waals surface area contributed by atoms with Gasteiger partial charge in [-0.3, -0.25) is 9.36 Å². The molecule has 8 heteroatoms. The number of rotatable bonds is 6. The van der Waals surface area contributed by atoms with Crippen LogP contribution in [0.15, 0.2) is 23.3 Å². The van der Waals surface area contributed by atoms with E-state index in [4.69, 9.17) is 11.1 Å². The highest BCUT2D eigenvalue weighted by molar-refractivity contribution is 5.91. The van der Waals surface area contributed by atoms with Gasteiger partial charge in [0, 0.05) is 42.9 Å². The molecule has 0 bridgehead atoms. The van der Waals surface area contributed by atoms with Crippen molar-refractivity contribution >= 4 is 17.7 Å². The lowest BCUT2D eigenvalue weighted by Gasteiger charge is -2.32. The maximum absolute atomic E-state index is 13.4. The average Bonchev–Trinajstić information content (AvgIpc) is 2.64. The number of aromatic nitrogens is 1. The van der Waals surface area contributed by atoms with Crippen LogP contribution in [0.4, 0.5) is 20.3 Å². The molecule has 0 saturated heterocycles. The molecule has 0 radical (unpaired) electrons. The number of anilines is 2. The van der Waals surface area contributed by atoms with Crippen molar-refractivity contribution in [1.29, 1.82) is 5.41 Å². The monoisotopic (exact) mass is 393 g/mol. The fraction of sp³-hybridized carbons (Fsp3) is 0.600. The van der Waals surface area contributed by atoms with Crippen LogP contribution in [0.25, 0.3) is 0 Å². The predicted molar refractivity (Wildman–Crippen MR) is 108 cm³/mol. The van der Waals surface area contributed by atoms with Gasteiger partial charge in [0.15, 0.2) is 0 Å². The van der Waals surface area contributed by atoms with Gasteiger partial charge < -0.3 is 21.8 Å². The van der Waals surface area contributed by atoms with Gasteiger partial charge in [-0.05, 0) is 25.7 Å². The highest BCUT2D eigenvalue weighted by atomic mass is 19.3. The van der Waals surface area contributed by atoms with Crippen LogP contribution >= 0.6 is 0 Å². The Balaban J connectivity index is 1.82. The Labute approximate surface area is 163 Å². The Morgan fingerprint density at radius 1 is 1.25 bits per heavy atom. The molecule has 154 valence electrons. The van der Waals surface area contributed by atoms with Crippen LogP contribution in [0.2, 0.25) is 0 Å². The summed E-state index contributed by atoms with van der Waals surface area (Å²) in [5, 5.41) is 14.0. The molecule has 0 unspecified atom stereocenters. The summed E-state index contributed by atoms with van der Waals surface area (Å²) >= 11 is 0. The van der Waals surface area contributed by atoms with E-state index in [9.17, 15) is 13.6 Å². The van der Waals surface area contributed by atoms with E-state index in [2.05, 4.69) is 17.2 Å². The smallest absolute Gasteiger partial charge is 0.254 e. The quantitative estimate of drug-likeness (QED) is 0.550. The Hall–Kier alpha value is -2.38. The van der Waals surface area contributed by atoms with Gasteiger partial charge in [-0.25, -0.2) is 8.78 Å². The van der Waals surface area contributed by atoms with Crippen molar-refractivity contribution in [2.75, 3.05) is 11.1 Å². The van der Waals surface area contributed by atoms with E-state index < -0.39 is 5.92 Å². The van der Waals surface area contributed by atoms with Crippen molar-refractivity contribution < 1.29 is 8.78 Å². The third kappa shape index (κ3) is 4.54. The molecule has 3 rings (SSSR count). The lowest BCUT2D eigenvalue weighted by atomic mass is 9.92. The van der Waals surface area contributed by atoms with Gasteiger partial charge in [-0.1, -0.05) is 25.8 Å². The second kappa shape index (κ2) is 8.32. The number of nitrogens with zero attached hydrogens (tertiary/aromatic N) is 1. The summed E-state index contributed by atoms with van der Waals surface area (Å²) in [6.45, 7) is 3.96. The molecule has 2 fully saturated rings. The number of nitrogens with two attached hydrogens (primary N) is 1. The van der Waals surface area contributed by atoms with E-state index in [0.717, 1.165) is 38.3 Å². The van der Waals surface area contributed by atoms with Crippen molar-refractivity contribution in [3.05, 3.63) is 34.4 Å². The van der Waals surface area contributed by atoms with Crippen molar-refractivity contribution in [2.45, 2.75) is 75.8 Å². The molecule has 0 aliphatic heterocycles. The van der Waals surface area contributed by atoms with E-state index in [1.165, 1.54) is 6.07 Å². The molecule has 5 N–H and O–H groups in total. The lowest BCUT2D eigenvalue weighted by Crippen LogP contribution is -2.39. The molecule has 1 aromatic rings. The molecule has 6 nitrogen and oxygen atoms in total. The average molecular weight is 393 g/mol. The summed E-state index contributed by atoms with van der Waals surface area (Å²) in [6, 6.07) is 1.31. The van der Waals surface area contributed by atoms with Gasteiger partial charge in [0.05, 0.1) is 11.4 Å². The maximum Gasteiger partial charge on any atom is 0.254 e. The molecular formula is C20H29F2N5O. The van der Waals surface area contributed by atoms with Crippen LogP contribution in [0.5, 0.6) is 0 Å². The van der Waals surface area contributed by atoms with E-state index in [1.807, 2.05) is 0 Å². The Morgan fingerprint density at radius 3 is 2.50 bits per heavy atom. The van der Waals surface area contributed by atoms with Crippen LogP contribution in [-0.2, 0) is 0 Å². The largest absolute Gasteiger partial charge is 0.398 e. The number of hydrogen-bond acceptors (Lipinski definition) is 5. The lowest BCUT2D eigenvalue weighted by molar-refractivity contribution is -0.0396. The third-order valence-corrected chi connectivity index (χ3v) is 5.77. The molecule has 0 amide bonds. The number of pyridine rings is 1. The van der Waals surface area contributed by atoms with E-state index >= 15 is 0 Å². The van der Waals surface area contributed by atoms with Gasteiger partial charge in [-0.2, -0.15) is 0 Å². The van der Waals surface area contributed by atoms with Gasteiger partial charge in [0.25, 0.3) is 5.56 Å². The molecule has 0 aromatic carbocycles. The highest BCUT2D eigenvalue weighted by Gasteiger charge is 2.35. The van der Waals surface area contributed by atoms with E-state index in [1.54, 1.807) is 4.57 Å². The second-order valence-corrected chi connectivity index (χ2v) is 7.88. The number of alkyl halides is 2. The van der Waals surface area contributed by atoms with Gasteiger partial charge >= 0.3 is 0 Å². The van der Waals surface area contributed by atoms with E-state index in [0.29, 0.717) is 30.0 Å². The van der Waals surface area contributed by atoms with Gasteiger partial charge in [0.2, 0.25) is 5.92 Å². The van der Waals surface area contributed by atoms with Crippen LogP contribution in [-0.4, -0.2) is 22.7 Å². The van der Waals surface area contributed by atoms with Crippen LogP contribution in [0.1, 0.15) is 69.4 Å². The van der Waals surface area contributed by atoms with Crippen LogP contribution in [0, 0.1) is 5.41 Å². The molecule has 2 aliphatic carbocycles. The fourth-order valence-corrected chi connectivity index (χ4v) is 4.25. The van der Waals surface area contributed by atoms with Crippen molar-refractivity contribution in [3.63, 3.8) is 0 Å². The molecule has 2 aliphatic rings. The van der Waals surface area contributed by atoms with Gasteiger partial charge in [0.1, 0.15) is 5.82 Å². The Kier molecular flexibility index (Phi) is 6.05. The van der Waals surface area contributed by atoms with Crippen LogP contribution < -0.4 is 21.9 Å². The first-order chi connectivity index (χ1) is 13.3. The molecule has 1 heterocycles. The standard InChI is InChI=1S/C20H29F2N5O/c1-13(25-14-7-9-20(21,22)10-8-14)26-19-16(12-23)17(24)11-18(28)27(19)15-5-3-2-4-6-15/h11-12,14-15,23,25-26H,1-10,24H2. The maximum atomic E-state index is 13.4. The Morgan fingerprint density at radius 2 is 1.89 bits per heavy atom. The minimum Gasteiger partial charge on any atom is -0.398 e. The van der Waals surface area contributed by atoms with Gasteiger partial charge in [-0.15, -0.1) is 0 Å². The summed E-state index contributed by atoms with van der Waals surface area (Å²) in [5.41, 5.74) is 6.45. The summed E-state index contributed by atoms with van der Waals surface area (Å²) < 4.78 is 28.4. The zero-order valence-corrected chi connectivity index (χ0v) is 16.1. The minimum atomic E-state index is -2.59.